The Morgan fingerprint density at radius 3 is 2.62 bits per heavy atom. The quantitative estimate of drug-likeness (QED) is 0.726. The molecular weight excluding hydrogens is 224 g/mol. The smallest absolute Gasteiger partial charge is 0.237 e. The van der Waals surface area contributed by atoms with E-state index in [0.717, 1.165) is 24.6 Å². The number of rotatable bonds is 5. The SMILES string of the molecule is CC(CO)CNC(=O)C(C)N1CCSCC1. The molecule has 1 aliphatic rings. The van der Waals surface area contributed by atoms with Crippen LogP contribution in [0.3, 0.4) is 0 Å². The minimum Gasteiger partial charge on any atom is -0.396 e. The van der Waals surface area contributed by atoms with Crippen molar-refractivity contribution in [1.29, 1.82) is 0 Å². The fourth-order valence-corrected chi connectivity index (χ4v) is 2.55. The van der Waals surface area contributed by atoms with Crippen molar-refractivity contribution in [3.63, 3.8) is 0 Å². The molecule has 1 heterocycles. The number of carbonyl (C=O) groups excluding carboxylic acids is 1. The fourth-order valence-electron chi connectivity index (χ4n) is 1.62. The van der Waals surface area contributed by atoms with Gasteiger partial charge in [-0.3, -0.25) is 9.69 Å². The number of nitrogens with one attached hydrogen (secondary N) is 1. The Balaban J connectivity index is 2.29. The number of hydrogen-bond acceptors (Lipinski definition) is 4. The number of nitrogens with zero attached hydrogens (tertiary/aromatic N) is 1. The lowest BCUT2D eigenvalue weighted by molar-refractivity contribution is -0.126. The first-order valence-electron chi connectivity index (χ1n) is 5.85. The summed E-state index contributed by atoms with van der Waals surface area (Å²) < 4.78 is 0. The molecule has 0 saturated carbocycles. The zero-order valence-electron chi connectivity index (χ0n) is 10.1. The summed E-state index contributed by atoms with van der Waals surface area (Å²) in [5.74, 6) is 2.44. The van der Waals surface area contributed by atoms with Gasteiger partial charge in [0.1, 0.15) is 0 Å². The van der Waals surface area contributed by atoms with Crippen LogP contribution < -0.4 is 5.32 Å². The van der Waals surface area contributed by atoms with E-state index in [2.05, 4.69) is 10.2 Å². The standard InChI is InChI=1S/C11H22N2O2S/c1-9(8-14)7-12-11(15)10(2)13-3-5-16-6-4-13/h9-10,14H,3-8H2,1-2H3,(H,12,15). The maximum absolute atomic E-state index is 11.8. The molecule has 5 heteroatoms. The third-order valence-electron chi connectivity index (χ3n) is 2.91. The Bertz CT molecular complexity index is 220. The van der Waals surface area contributed by atoms with E-state index in [4.69, 9.17) is 5.11 Å². The molecule has 1 rings (SSSR count). The molecule has 1 amide bonds. The molecule has 94 valence electrons. The van der Waals surface area contributed by atoms with Crippen LogP contribution in [-0.4, -0.2) is 59.7 Å². The number of aliphatic hydroxyl groups excluding tert-OH is 1. The highest BCUT2D eigenvalue weighted by molar-refractivity contribution is 7.99. The molecule has 1 saturated heterocycles. The highest BCUT2D eigenvalue weighted by Gasteiger charge is 2.22. The molecule has 4 nitrogen and oxygen atoms in total. The van der Waals surface area contributed by atoms with Gasteiger partial charge in [-0.15, -0.1) is 0 Å². The Kier molecular flexibility index (Phi) is 6.16. The molecule has 1 fully saturated rings. The Labute approximate surface area is 102 Å². The fraction of sp³-hybridized carbons (Fsp3) is 0.909. The first-order valence-corrected chi connectivity index (χ1v) is 7.01. The molecule has 0 aromatic carbocycles. The highest BCUT2D eigenvalue weighted by atomic mass is 32.2. The Morgan fingerprint density at radius 2 is 2.06 bits per heavy atom. The van der Waals surface area contributed by atoms with Crippen LogP contribution in [0.2, 0.25) is 0 Å². The predicted molar refractivity (Wildman–Crippen MR) is 67.6 cm³/mol. The summed E-state index contributed by atoms with van der Waals surface area (Å²) in [5.41, 5.74) is 0. The van der Waals surface area contributed by atoms with Crippen LogP contribution in [0, 0.1) is 5.92 Å². The number of aliphatic hydroxyl groups is 1. The summed E-state index contributed by atoms with van der Waals surface area (Å²) >= 11 is 1.94. The molecule has 0 bridgehead atoms. The summed E-state index contributed by atoms with van der Waals surface area (Å²) in [7, 11) is 0. The van der Waals surface area contributed by atoms with Crippen LogP contribution in [0.4, 0.5) is 0 Å². The maximum atomic E-state index is 11.8. The van der Waals surface area contributed by atoms with Crippen molar-refractivity contribution in [3.8, 4) is 0 Å². The van der Waals surface area contributed by atoms with Crippen molar-refractivity contribution >= 4 is 17.7 Å². The van der Waals surface area contributed by atoms with E-state index >= 15 is 0 Å². The van der Waals surface area contributed by atoms with Crippen LogP contribution >= 0.6 is 11.8 Å². The zero-order valence-corrected chi connectivity index (χ0v) is 10.9. The van der Waals surface area contributed by atoms with Gasteiger partial charge in [0, 0.05) is 37.7 Å². The van der Waals surface area contributed by atoms with Gasteiger partial charge in [0.25, 0.3) is 0 Å². The maximum Gasteiger partial charge on any atom is 0.237 e. The van der Waals surface area contributed by atoms with Crippen LogP contribution in [0.25, 0.3) is 0 Å². The lowest BCUT2D eigenvalue weighted by Gasteiger charge is -2.31. The third kappa shape index (κ3) is 4.31. The van der Waals surface area contributed by atoms with E-state index in [1.165, 1.54) is 0 Å². The van der Waals surface area contributed by atoms with Crippen LogP contribution in [-0.2, 0) is 4.79 Å². The van der Waals surface area contributed by atoms with E-state index in [1.807, 2.05) is 25.6 Å². The molecule has 16 heavy (non-hydrogen) atoms. The van der Waals surface area contributed by atoms with Crippen LogP contribution in [0.1, 0.15) is 13.8 Å². The minimum atomic E-state index is -0.0493. The second-order valence-corrected chi connectivity index (χ2v) is 5.58. The largest absolute Gasteiger partial charge is 0.396 e. The average molecular weight is 246 g/mol. The van der Waals surface area contributed by atoms with Gasteiger partial charge in [-0.1, -0.05) is 6.92 Å². The van der Waals surface area contributed by atoms with Gasteiger partial charge in [-0.25, -0.2) is 0 Å². The summed E-state index contributed by atoms with van der Waals surface area (Å²) in [6.45, 7) is 6.54. The lowest BCUT2D eigenvalue weighted by atomic mass is 10.2. The van der Waals surface area contributed by atoms with Crippen molar-refractivity contribution < 1.29 is 9.90 Å². The first-order chi connectivity index (χ1) is 7.65. The van der Waals surface area contributed by atoms with Gasteiger partial charge in [-0.05, 0) is 12.8 Å². The molecule has 1 aliphatic heterocycles. The normalized spacial score (nSPS) is 21.4. The van der Waals surface area contributed by atoms with Gasteiger partial charge in [0.05, 0.1) is 6.04 Å². The van der Waals surface area contributed by atoms with Gasteiger partial charge in [0.15, 0.2) is 0 Å². The topological polar surface area (TPSA) is 52.6 Å². The molecule has 0 spiro atoms. The molecule has 2 N–H and O–H groups in total. The predicted octanol–water partition coefficient (Wildman–Crippen LogP) is 0.168. The molecule has 2 unspecified atom stereocenters. The number of thioether (sulfide) groups is 1. The van der Waals surface area contributed by atoms with E-state index in [9.17, 15) is 4.79 Å². The number of hydrogen-bond donors (Lipinski definition) is 2. The summed E-state index contributed by atoms with van der Waals surface area (Å²) in [5, 5.41) is 11.8. The average Bonchev–Trinajstić information content (AvgIpc) is 2.35. The van der Waals surface area contributed by atoms with Crippen molar-refractivity contribution in [2.75, 3.05) is 37.7 Å². The van der Waals surface area contributed by atoms with Gasteiger partial charge in [0.2, 0.25) is 5.91 Å². The van der Waals surface area contributed by atoms with Crippen LogP contribution in [0.15, 0.2) is 0 Å². The molecule has 0 aliphatic carbocycles. The first kappa shape index (κ1) is 13.8. The minimum absolute atomic E-state index is 0.0493. The van der Waals surface area contributed by atoms with E-state index < -0.39 is 0 Å². The second kappa shape index (κ2) is 7.14. The van der Waals surface area contributed by atoms with E-state index in [-0.39, 0.29) is 24.5 Å². The van der Waals surface area contributed by atoms with E-state index in [0.29, 0.717) is 6.54 Å². The zero-order chi connectivity index (χ0) is 12.0. The van der Waals surface area contributed by atoms with Crippen molar-refractivity contribution in [2.45, 2.75) is 19.9 Å². The van der Waals surface area contributed by atoms with Gasteiger partial charge in [-0.2, -0.15) is 11.8 Å². The molecular formula is C11H22N2O2S. The Morgan fingerprint density at radius 1 is 1.44 bits per heavy atom. The lowest BCUT2D eigenvalue weighted by Crippen LogP contribution is -2.49. The summed E-state index contributed by atoms with van der Waals surface area (Å²) in [4.78, 5) is 14.0. The number of carbonyl (C=O) groups is 1. The van der Waals surface area contributed by atoms with Crippen molar-refractivity contribution in [1.82, 2.24) is 10.2 Å². The summed E-state index contributed by atoms with van der Waals surface area (Å²) in [6.07, 6.45) is 0. The van der Waals surface area contributed by atoms with Crippen molar-refractivity contribution in [3.05, 3.63) is 0 Å². The van der Waals surface area contributed by atoms with Gasteiger partial charge < -0.3 is 10.4 Å². The van der Waals surface area contributed by atoms with E-state index in [1.54, 1.807) is 0 Å². The van der Waals surface area contributed by atoms with Gasteiger partial charge >= 0.3 is 0 Å². The van der Waals surface area contributed by atoms with Crippen molar-refractivity contribution in [2.24, 2.45) is 5.92 Å². The molecule has 2 atom stereocenters. The number of amides is 1. The molecule has 0 aromatic rings. The van der Waals surface area contributed by atoms with Crippen LogP contribution in [0.5, 0.6) is 0 Å². The summed E-state index contributed by atoms with van der Waals surface area (Å²) in [6, 6.07) is -0.0493. The third-order valence-corrected chi connectivity index (χ3v) is 3.85. The molecule has 0 aromatic heterocycles. The second-order valence-electron chi connectivity index (χ2n) is 4.36. The molecule has 0 radical (unpaired) electrons. The monoisotopic (exact) mass is 246 g/mol. The highest BCUT2D eigenvalue weighted by Crippen LogP contribution is 2.12. The Hall–Kier alpha value is -0.260.